The molecule has 0 spiro atoms. The lowest BCUT2D eigenvalue weighted by Gasteiger charge is -2.02. The number of hydrogen-bond acceptors (Lipinski definition) is 3. The number of benzene rings is 1. The van der Waals surface area contributed by atoms with Crippen molar-refractivity contribution in [2.75, 3.05) is 0 Å². The Kier molecular flexibility index (Phi) is 2.10. The van der Waals surface area contributed by atoms with E-state index in [1.807, 2.05) is 30.3 Å². The van der Waals surface area contributed by atoms with Gasteiger partial charge in [-0.15, -0.1) is 0 Å². The maximum atomic E-state index is 8.49. The smallest absolute Gasteiger partial charge is 0.136 e. The van der Waals surface area contributed by atoms with Gasteiger partial charge in [-0.1, -0.05) is 18.2 Å². The summed E-state index contributed by atoms with van der Waals surface area (Å²) in [4.78, 5) is 11.3. The van der Waals surface area contributed by atoms with Crippen molar-refractivity contribution >= 4 is 27.6 Å². The third-order valence-electron chi connectivity index (χ3n) is 2.56. The van der Waals surface area contributed by atoms with Crippen LogP contribution in [0.3, 0.4) is 0 Å². The zero-order valence-corrected chi connectivity index (χ0v) is 8.78. The molecule has 0 atom stereocenters. The zero-order chi connectivity index (χ0) is 11.7. The molecule has 2 aromatic heterocycles. The first kappa shape index (κ1) is 9.57. The molecule has 0 bridgehead atoms. The Morgan fingerprint density at radius 1 is 1.12 bits per heavy atom. The molecular weight excluding hydrogens is 214 g/mol. The number of aromatic nitrogens is 2. The monoisotopic (exact) mass is 221 g/mol. The van der Waals surface area contributed by atoms with E-state index in [9.17, 15) is 0 Å². The predicted octanol–water partition coefficient (Wildman–Crippen LogP) is 3.72. The van der Waals surface area contributed by atoms with Crippen LogP contribution in [-0.2, 0) is 0 Å². The van der Waals surface area contributed by atoms with E-state index in [1.165, 1.54) is 0 Å². The van der Waals surface area contributed by atoms with Gasteiger partial charge in [0, 0.05) is 21.9 Å². The van der Waals surface area contributed by atoms with Crippen molar-refractivity contribution in [3.8, 4) is 0 Å². The van der Waals surface area contributed by atoms with Gasteiger partial charge in [-0.05, 0) is 28.8 Å². The Balaban J connectivity index is 2.47. The van der Waals surface area contributed by atoms with Crippen molar-refractivity contribution in [3.05, 3.63) is 53.0 Å². The average molecular weight is 221 g/mol. The molecule has 0 amide bonds. The van der Waals surface area contributed by atoms with Crippen molar-refractivity contribution in [1.29, 1.82) is 0 Å². The molecule has 0 N–H and O–H groups in total. The van der Waals surface area contributed by atoms with Gasteiger partial charge in [-0.3, -0.25) is 4.98 Å². The molecule has 0 radical (unpaired) electrons. The lowest BCUT2D eigenvalue weighted by atomic mass is 10.1. The molecule has 80 valence electrons. The summed E-state index contributed by atoms with van der Waals surface area (Å²) in [5, 5.41) is 5.34. The molecule has 0 saturated heterocycles. The molecule has 0 unspecified atom stereocenters. The molecule has 0 saturated carbocycles. The van der Waals surface area contributed by atoms with Gasteiger partial charge in [0.25, 0.3) is 0 Å². The highest BCUT2D eigenvalue weighted by Crippen LogP contribution is 2.25. The first-order valence-corrected chi connectivity index (χ1v) is 5.08. The predicted molar refractivity (Wildman–Crippen MR) is 65.9 cm³/mol. The van der Waals surface area contributed by atoms with Gasteiger partial charge < -0.3 is 0 Å². The van der Waals surface area contributed by atoms with Crippen LogP contribution in [0, 0.1) is 0 Å². The van der Waals surface area contributed by atoms with Crippen LogP contribution >= 0.6 is 0 Å². The van der Waals surface area contributed by atoms with Gasteiger partial charge in [-0.25, -0.2) is 4.98 Å². The summed E-state index contributed by atoms with van der Waals surface area (Å²) in [6.07, 6.45) is 1.59. The lowest BCUT2D eigenvalue weighted by molar-refractivity contribution is 1.28. The molecule has 1 aromatic carbocycles. The minimum Gasteiger partial charge on any atom is -0.254 e. The fourth-order valence-electron chi connectivity index (χ4n) is 1.81. The van der Waals surface area contributed by atoms with Crippen LogP contribution in [0.15, 0.2) is 47.7 Å². The van der Waals surface area contributed by atoms with Gasteiger partial charge >= 0.3 is 0 Å². The molecule has 0 fully saturated rings. The quantitative estimate of drug-likeness (QED) is 0.272. The Morgan fingerprint density at radius 3 is 2.88 bits per heavy atom. The highest BCUT2D eigenvalue weighted by atomic mass is 15.2. The van der Waals surface area contributed by atoms with Crippen LogP contribution in [0.1, 0.15) is 0 Å². The number of nitrogens with zero attached hydrogens (tertiary/aromatic N) is 5. The maximum absolute atomic E-state index is 8.49. The Labute approximate surface area is 96.4 Å². The second-order valence-corrected chi connectivity index (χ2v) is 3.57. The zero-order valence-electron chi connectivity index (χ0n) is 8.78. The molecule has 5 heteroatoms. The molecule has 0 aliphatic rings. The molecule has 0 aliphatic carbocycles. The molecule has 2 heterocycles. The highest BCUT2D eigenvalue weighted by molar-refractivity contribution is 5.97. The normalized spacial score (nSPS) is 10.4. The Bertz CT molecular complexity index is 759. The maximum Gasteiger partial charge on any atom is 0.136 e. The van der Waals surface area contributed by atoms with Gasteiger partial charge in [0.1, 0.15) is 5.82 Å². The van der Waals surface area contributed by atoms with Crippen molar-refractivity contribution < 1.29 is 0 Å². The summed E-state index contributed by atoms with van der Waals surface area (Å²) in [5.41, 5.74) is 10.2. The van der Waals surface area contributed by atoms with Crippen LogP contribution in [-0.4, -0.2) is 9.97 Å². The van der Waals surface area contributed by atoms with E-state index >= 15 is 0 Å². The van der Waals surface area contributed by atoms with E-state index in [4.69, 9.17) is 5.53 Å². The molecule has 17 heavy (non-hydrogen) atoms. The number of pyridine rings is 2. The third kappa shape index (κ3) is 1.55. The van der Waals surface area contributed by atoms with Crippen LogP contribution in [0.2, 0.25) is 0 Å². The topological polar surface area (TPSA) is 74.5 Å². The first-order chi connectivity index (χ1) is 8.38. The fraction of sp³-hybridized carbons (Fsp3) is 0. The molecule has 0 aliphatic heterocycles. The minimum absolute atomic E-state index is 0.364. The highest BCUT2D eigenvalue weighted by Gasteiger charge is 2.03. The lowest BCUT2D eigenvalue weighted by Crippen LogP contribution is -1.84. The van der Waals surface area contributed by atoms with Gasteiger partial charge in [0.05, 0.1) is 11.0 Å². The molecule has 3 rings (SSSR count). The van der Waals surface area contributed by atoms with E-state index in [1.54, 1.807) is 12.3 Å². The molecule has 3 aromatic rings. The fourth-order valence-corrected chi connectivity index (χ4v) is 1.81. The van der Waals surface area contributed by atoms with Crippen LogP contribution in [0.25, 0.3) is 32.2 Å². The number of rotatable bonds is 1. The molecule has 5 nitrogen and oxygen atoms in total. The van der Waals surface area contributed by atoms with Crippen molar-refractivity contribution in [3.63, 3.8) is 0 Å². The van der Waals surface area contributed by atoms with Crippen molar-refractivity contribution in [2.45, 2.75) is 0 Å². The third-order valence-corrected chi connectivity index (χ3v) is 2.56. The second-order valence-electron chi connectivity index (χ2n) is 3.57. The number of para-hydroxylation sites is 1. The minimum atomic E-state index is 0.364. The Morgan fingerprint density at radius 2 is 2.00 bits per heavy atom. The van der Waals surface area contributed by atoms with E-state index in [0.717, 1.165) is 21.8 Å². The van der Waals surface area contributed by atoms with E-state index in [0.29, 0.717) is 5.82 Å². The summed E-state index contributed by atoms with van der Waals surface area (Å²) >= 11 is 0. The van der Waals surface area contributed by atoms with Crippen LogP contribution < -0.4 is 0 Å². The number of fused-ring (bicyclic) bond motifs is 2. The van der Waals surface area contributed by atoms with Gasteiger partial charge in [0.15, 0.2) is 0 Å². The standard InChI is InChI=1S/C12H7N5/c13-17-16-12-9-7-8-3-1-2-4-10(8)15-11(9)5-6-14-12/h1-7H. The summed E-state index contributed by atoms with van der Waals surface area (Å²) in [6.45, 7) is 0. The Hall–Kier alpha value is -2.65. The van der Waals surface area contributed by atoms with E-state index in [-0.39, 0.29) is 0 Å². The largest absolute Gasteiger partial charge is 0.254 e. The number of azide groups is 1. The molecular formula is C12H7N5. The summed E-state index contributed by atoms with van der Waals surface area (Å²) in [7, 11) is 0. The van der Waals surface area contributed by atoms with Crippen molar-refractivity contribution in [2.24, 2.45) is 5.11 Å². The SMILES string of the molecule is [N-]=[N+]=Nc1nccc2nc3ccccc3cc12. The van der Waals surface area contributed by atoms with E-state index < -0.39 is 0 Å². The van der Waals surface area contributed by atoms with E-state index in [2.05, 4.69) is 20.0 Å². The van der Waals surface area contributed by atoms with Crippen LogP contribution in [0.4, 0.5) is 5.82 Å². The van der Waals surface area contributed by atoms with Gasteiger partial charge in [-0.2, -0.15) is 0 Å². The van der Waals surface area contributed by atoms with Crippen molar-refractivity contribution in [1.82, 2.24) is 9.97 Å². The average Bonchev–Trinajstić information content (AvgIpc) is 2.37. The number of hydrogen-bond donors (Lipinski definition) is 0. The van der Waals surface area contributed by atoms with Crippen LogP contribution in [0.5, 0.6) is 0 Å². The second kappa shape index (κ2) is 3.73. The summed E-state index contributed by atoms with van der Waals surface area (Å²) in [5.74, 6) is 0.364. The summed E-state index contributed by atoms with van der Waals surface area (Å²) in [6, 6.07) is 11.5. The first-order valence-electron chi connectivity index (χ1n) is 5.08. The summed E-state index contributed by atoms with van der Waals surface area (Å²) < 4.78 is 0. The van der Waals surface area contributed by atoms with Gasteiger partial charge in [0.2, 0.25) is 0 Å².